The third-order valence-electron chi connectivity index (χ3n) is 4.47. The first-order valence-electron chi connectivity index (χ1n) is 5.69. The zero-order valence-electron chi connectivity index (χ0n) is 9.34. The Kier molecular flexibility index (Phi) is 3.60. The van der Waals surface area contributed by atoms with Gasteiger partial charge in [0.05, 0.1) is 6.61 Å². The Hall–Kier alpha value is 0.610. The molecular weight excluding hydrogens is 305 g/mol. The lowest BCUT2D eigenvalue weighted by Crippen LogP contribution is -2.40. The highest BCUT2D eigenvalue weighted by molar-refractivity contribution is 14.1. The predicted octanol–water partition coefficient (Wildman–Crippen LogP) is 1.84. The minimum atomic E-state index is 0.159. The van der Waals surface area contributed by atoms with Crippen LogP contribution < -0.4 is 0 Å². The minimum Gasteiger partial charge on any atom is -0.396 e. The molecule has 15 heavy (non-hydrogen) atoms. The van der Waals surface area contributed by atoms with Crippen LogP contribution >= 0.6 is 22.9 Å². The van der Waals surface area contributed by atoms with Crippen LogP contribution in [0.1, 0.15) is 25.7 Å². The van der Waals surface area contributed by atoms with Crippen molar-refractivity contribution in [2.24, 2.45) is 10.8 Å². The Morgan fingerprint density at radius 2 is 2.00 bits per heavy atom. The molecule has 2 atom stereocenters. The molecule has 0 amide bonds. The summed E-state index contributed by atoms with van der Waals surface area (Å²) in [5.74, 6) is 0. The number of ether oxygens (including phenoxy) is 1. The van der Waals surface area contributed by atoms with Crippen molar-refractivity contribution in [3.8, 4) is 0 Å². The van der Waals surface area contributed by atoms with Gasteiger partial charge in [0.2, 0.25) is 0 Å². The van der Waals surface area contributed by atoms with Gasteiger partial charge in [-0.05, 0) is 24.7 Å². The fraction of sp³-hybridized carbons (Fsp3) is 1.00. The Labute approximate surface area is 106 Å². The number of aliphatic hydroxyl groups is 1. The van der Waals surface area contributed by atoms with E-state index in [2.05, 4.69) is 26.0 Å². The number of nitrogens with zero attached hydrogens (tertiary/aromatic N) is 1. The van der Waals surface area contributed by atoms with Gasteiger partial charge in [0, 0.05) is 55.1 Å². The quantitative estimate of drug-likeness (QED) is 0.632. The van der Waals surface area contributed by atoms with E-state index in [1.807, 2.05) is 0 Å². The molecule has 1 heterocycles. The second-order valence-electron chi connectivity index (χ2n) is 5.09. The smallest absolute Gasteiger partial charge is 0.0505 e. The molecule has 1 aliphatic carbocycles. The van der Waals surface area contributed by atoms with Crippen molar-refractivity contribution in [3.05, 3.63) is 0 Å². The van der Waals surface area contributed by atoms with Gasteiger partial charge in [-0.15, -0.1) is 0 Å². The van der Waals surface area contributed by atoms with Crippen LogP contribution in [-0.2, 0) is 4.74 Å². The van der Waals surface area contributed by atoms with Crippen molar-refractivity contribution in [1.82, 2.24) is 3.11 Å². The topological polar surface area (TPSA) is 32.7 Å². The molecule has 1 saturated carbocycles. The van der Waals surface area contributed by atoms with Crippen molar-refractivity contribution in [2.45, 2.75) is 25.7 Å². The van der Waals surface area contributed by atoms with Gasteiger partial charge < -0.3 is 9.84 Å². The Morgan fingerprint density at radius 3 is 2.67 bits per heavy atom. The summed E-state index contributed by atoms with van der Waals surface area (Å²) < 4.78 is 7.58. The highest BCUT2D eigenvalue weighted by Gasteiger charge is 2.59. The van der Waals surface area contributed by atoms with Gasteiger partial charge in [-0.3, -0.25) is 0 Å². The van der Waals surface area contributed by atoms with E-state index in [-0.39, 0.29) is 5.41 Å². The molecule has 1 aliphatic heterocycles. The zero-order chi connectivity index (χ0) is 10.9. The molecule has 2 aliphatic rings. The molecule has 2 fully saturated rings. The summed E-state index contributed by atoms with van der Waals surface area (Å²) in [4.78, 5) is 0. The summed E-state index contributed by atoms with van der Waals surface area (Å²) in [6.45, 7) is 3.34. The second kappa shape index (κ2) is 4.47. The number of hydrogen-bond donors (Lipinski definition) is 1. The van der Waals surface area contributed by atoms with E-state index >= 15 is 0 Å². The normalized spacial score (nSPS) is 41.0. The number of fused-ring (bicyclic) bond motifs is 1. The molecule has 1 N–H and O–H groups in total. The molecule has 3 nitrogen and oxygen atoms in total. The van der Waals surface area contributed by atoms with Crippen LogP contribution in [0.25, 0.3) is 0 Å². The van der Waals surface area contributed by atoms with Crippen molar-refractivity contribution in [3.63, 3.8) is 0 Å². The van der Waals surface area contributed by atoms with Gasteiger partial charge in [0.25, 0.3) is 0 Å². The molecule has 1 saturated heterocycles. The maximum atomic E-state index is 9.74. The average Bonchev–Trinajstić information content (AvgIpc) is 2.66. The average molecular weight is 325 g/mol. The molecule has 88 valence electrons. The lowest BCUT2D eigenvalue weighted by atomic mass is 9.67. The number of halogens is 1. The summed E-state index contributed by atoms with van der Waals surface area (Å²) in [6.07, 6.45) is 4.82. The minimum absolute atomic E-state index is 0.159. The molecule has 0 aromatic carbocycles. The van der Waals surface area contributed by atoms with Gasteiger partial charge in [0.1, 0.15) is 0 Å². The summed E-state index contributed by atoms with van der Waals surface area (Å²) >= 11 is 2.40. The van der Waals surface area contributed by atoms with Crippen molar-refractivity contribution >= 4 is 22.9 Å². The number of rotatable bonds is 4. The molecule has 0 aromatic heterocycles. The number of aliphatic hydroxyl groups excluding tert-OH is 1. The molecule has 2 rings (SSSR count). The summed E-state index contributed by atoms with van der Waals surface area (Å²) in [6, 6.07) is 0. The van der Waals surface area contributed by atoms with Crippen LogP contribution in [0.2, 0.25) is 0 Å². The molecular formula is C11H20INO2. The highest BCUT2D eigenvalue weighted by Crippen LogP contribution is 2.59. The van der Waals surface area contributed by atoms with Crippen LogP contribution in [0.5, 0.6) is 0 Å². The molecule has 0 radical (unpaired) electrons. The lowest BCUT2D eigenvalue weighted by molar-refractivity contribution is 0.0278. The monoisotopic (exact) mass is 325 g/mol. The maximum Gasteiger partial charge on any atom is 0.0505 e. The molecule has 0 spiro atoms. The fourth-order valence-corrected chi connectivity index (χ4v) is 4.87. The van der Waals surface area contributed by atoms with E-state index in [1.54, 1.807) is 7.11 Å². The lowest BCUT2D eigenvalue weighted by Gasteiger charge is -2.38. The van der Waals surface area contributed by atoms with Crippen molar-refractivity contribution in [1.29, 1.82) is 0 Å². The number of methoxy groups -OCH3 is 1. The standard InChI is InChI=1S/C11H20INO2/c1-15-6-5-10-3-2-4-11(10,9-14)8-13(12)7-10/h14H,2-9H2,1H3. The van der Waals surface area contributed by atoms with Crippen LogP contribution in [0.4, 0.5) is 0 Å². The van der Waals surface area contributed by atoms with E-state index in [9.17, 15) is 5.11 Å². The Balaban J connectivity index is 2.18. The van der Waals surface area contributed by atoms with Gasteiger partial charge in [-0.25, -0.2) is 3.11 Å². The van der Waals surface area contributed by atoms with Gasteiger partial charge in [-0.1, -0.05) is 6.42 Å². The Bertz CT molecular complexity index is 239. The zero-order valence-corrected chi connectivity index (χ0v) is 11.5. The van der Waals surface area contributed by atoms with Crippen LogP contribution in [0.3, 0.4) is 0 Å². The third-order valence-corrected chi connectivity index (χ3v) is 5.15. The van der Waals surface area contributed by atoms with Crippen LogP contribution in [-0.4, -0.2) is 41.6 Å². The van der Waals surface area contributed by atoms with E-state index in [1.165, 1.54) is 19.3 Å². The molecule has 0 bridgehead atoms. The second-order valence-corrected chi connectivity index (χ2v) is 6.46. The molecule has 4 heteroatoms. The van der Waals surface area contributed by atoms with Crippen molar-refractivity contribution < 1.29 is 9.84 Å². The van der Waals surface area contributed by atoms with Crippen LogP contribution in [0.15, 0.2) is 0 Å². The van der Waals surface area contributed by atoms with E-state index in [0.717, 1.165) is 26.1 Å². The first kappa shape index (κ1) is 12.1. The number of hydrogen-bond acceptors (Lipinski definition) is 3. The molecule has 0 aromatic rings. The first-order valence-corrected chi connectivity index (χ1v) is 6.65. The SMILES string of the molecule is COCCC12CCCC1(CO)CN(I)C2. The van der Waals surface area contributed by atoms with Crippen LogP contribution in [0, 0.1) is 10.8 Å². The summed E-state index contributed by atoms with van der Waals surface area (Å²) in [5.41, 5.74) is 0.478. The maximum absolute atomic E-state index is 9.74. The van der Waals surface area contributed by atoms with Gasteiger partial charge >= 0.3 is 0 Å². The predicted molar refractivity (Wildman–Crippen MR) is 67.9 cm³/mol. The van der Waals surface area contributed by atoms with Gasteiger partial charge in [0.15, 0.2) is 0 Å². The summed E-state index contributed by atoms with van der Waals surface area (Å²) in [5, 5.41) is 9.74. The largest absolute Gasteiger partial charge is 0.396 e. The van der Waals surface area contributed by atoms with E-state index < -0.39 is 0 Å². The fourth-order valence-electron chi connectivity index (χ4n) is 3.57. The van der Waals surface area contributed by atoms with Crippen molar-refractivity contribution in [2.75, 3.05) is 33.4 Å². The third kappa shape index (κ3) is 1.83. The summed E-state index contributed by atoms with van der Waals surface area (Å²) in [7, 11) is 1.77. The first-order chi connectivity index (χ1) is 7.18. The highest BCUT2D eigenvalue weighted by atomic mass is 127. The van der Waals surface area contributed by atoms with E-state index in [0.29, 0.717) is 12.0 Å². The van der Waals surface area contributed by atoms with Gasteiger partial charge in [-0.2, -0.15) is 0 Å². The molecule has 2 unspecified atom stereocenters. The Morgan fingerprint density at radius 1 is 1.33 bits per heavy atom. The van der Waals surface area contributed by atoms with E-state index in [4.69, 9.17) is 4.74 Å².